The van der Waals surface area contributed by atoms with Gasteiger partial charge in [-0.25, -0.2) is 0 Å². The summed E-state index contributed by atoms with van der Waals surface area (Å²) in [6, 6.07) is 7.45. The lowest BCUT2D eigenvalue weighted by molar-refractivity contribution is -0.126. The lowest BCUT2D eigenvalue weighted by Crippen LogP contribution is -2.47. The number of amides is 2. The van der Waals surface area contributed by atoms with E-state index >= 15 is 0 Å². The maximum Gasteiger partial charge on any atom is 0.244 e. The highest BCUT2D eigenvalue weighted by molar-refractivity contribution is 6.10. The summed E-state index contributed by atoms with van der Waals surface area (Å²) in [6.07, 6.45) is 4.09. The van der Waals surface area contributed by atoms with E-state index in [9.17, 15) is 9.59 Å². The van der Waals surface area contributed by atoms with Crippen LogP contribution in [0.4, 0.5) is 11.4 Å². The maximum atomic E-state index is 12.9. The highest BCUT2D eigenvalue weighted by Gasteiger charge is 2.36. The summed E-state index contributed by atoms with van der Waals surface area (Å²) in [5.74, 6) is 0.0979. The van der Waals surface area contributed by atoms with Crippen LogP contribution in [0, 0.1) is 11.8 Å². The highest BCUT2D eigenvalue weighted by Crippen LogP contribution is 2.35. The van der Waals surface area contributed by atoms with Crippen molar-refractivity contribution in [3.63, 3.8) is 0 Å². The summed E-state index contributed by atoms with van der Waals surface area (Å²) in [7, 11) is 0. The average molecular weight is 287 g/mol. The van der Waals surface area contributed by atoms with Crippen molar-refractivity contribution in [2.75, 3.05) is 23.3 Å². The predicted octanol–water partition coefficient (Wildman–Crippen LogP) is 1.74. The van der Waals surface area contributed by atoms with Gasteiger partial charge in [-0.05, 0) is 37.4 Å². The Bertz CT molecular complexity index is 558. The van der Waals surface area contributed by atoms with Gasteiger partial charge in [0.05, 0.1) is 11.4 Å². The Kier molecular flexibility index (Phi) is 3.92. The lowest BCUT2D eigenvalue weighted by Gasteiger charge is -2.36. The quantitative estimate of drug-likeness (QED) is 0.870. The van der Waals surface area contributed by atoms with E-state index in [1.807, 2.05) is 24.3 Å². The standard InChI is InChI=1S/C16H21N3O2/c17-9-11-5-1-2-6-12(11)16(21)19-10-15(20)18-13-7-3-4-8-14(13)19/h3-4,7-8,11-12H,1-2,5-6,9-10,17H2,(H,18,20). The molecule has 1 aromatic carbocycles. The first-order valence-electron chi connectivity index (χ1n) is 7.61. The zero-order valence-corrected chi connectivity index (χ0v) is 12.0. The minimum Gasteiger partial charge on any atom is -0.330 e. The summed E-state index contributed by atoms with van der Waals surface area (Å²) < 4.78 is 0. The number of nitrogens with zero attached hydrogens (tertiary/aromatic N) is 1. The fraction of sp³-hybridized carbons (Fsp3) is 0.500. The van der Waals surface area contributed by atoms with E-state index in [2.05, 4.69) is 5.32 Å². The highest BCUT2D eigenvalue weighted by atomic mass is 16.2. The molecular weight excluding hydrogens is 266 g/mol. The molecule has 1 fully saturated rings. The van der Waals surface area contributed by atoms with Crippen molar-refractivity contribution < 1.29 is 9.59 Å². The van der Waals surface area contributed by atoms with Crippen LogP contribution in [0.25, 0.3) is 0 Å². The molecule has 2 atom stereocenters. The van der Waals surface area contributed by atoms with Crippen molar-refractivity contribution >= 4 is 23.2 Å². The van der Waals surface area contributed by atoms with Crippen LogP contribution in [-0.2, 0) is 9.59 Å². The first kappa shape index (κ1) is 14.1. The number of hydrogen-bond donors (Lipinski definition) is 2. The van der Waals surface area contributed by atoms with Gasteiger partial charge < -0.3 is 16.0 Å². The molecule has 21 heavy (non-hydrogen) atoms. The van der Waals surface area contributed by atoms with E-state index in [4.69, 9.17) is 5.73 Å². The van der Waals surface area contributed by atoms with Crippen molar-refractivity contribution in [3.05, 3.63) is 24.3 Å². The Hall–Kier alpha value is -1.88. The second kappa shape index (κ2) is 5.85. The van der Waals surface area contributed by atoms with Gasteiger partial charge in [0, 0.05) is 5.92 Å². The van der Waals surface area contributed by atoms with E-state index in [0.29, 0.717) is 12.2 Å². The van der Waals surface area contributed by atoms with Gasteiger partial charge in [-0.15, -0.1) is 0 Å². The number of benzene rings is 1. The van der Waals surface area contributed by atoms with Crippen LogP contribution in [-0.4, -0.2) is 24.9 Å². The number of para-hydroxylation sites is 2. The van der Waals surface area contributed by atoms with Gasteiger partial charge >= 0.3 is 0 Å². The van der Waals surface area contributed by atoms with Gasteiger partial charge in [-0.1, -0.05) is 25.0 Å². The molecule has 0 aromatic heterocycles. The summed E-state index contributed by atoms with van der Waals surface area (Å²) in [6.45, 7) is 0.641. The van der Waals surface area contributed by atoms with Crippen LogP contribution in [0.2, 0.25) is 0 Å². The molecule has 5 nitrogen and oxygen atoms in total. The summed E-state index contributed by atoms with van der Waals surface area (Å²) in [4.78, 5) is 26.4. The second-order valence-electron chi connectivity index (χ2n) is 5.88. The smallest absolute Gasteiger partial charge is 0.244 e. The first-order chi connectivity index (χ1) is 10.2. The van der Waals surface area contributed by atoms with Crippen LogP contribution in [0.5, 0.6) is 0 Å². The number of nitrogens with two attached hydrogens (primary N) is 1. The molecular formula is C16H21N3O2. The molecule has 0 bridgehead atoms. The number of nitrogens with one attached hydrogen (secondary N) is 1. The van der Waals surface area contributed by atoms with E-state index in [1.165, 1.54) is 0 Å². The van der Waals surface area contributed by atoms with Crippen LogP contribution in [0.15, 0.2) is 24.3 Å². The normalized spacial score (nSPS) is 25.2. The molecule has 3 rings (SSSR count). The maximum absolute atomic E-state index is 12.9. The lowest BCUT2D eigenvalue weighted by atomic mass is 9.78. The van der Waals surface area contributed by atoms with Crippen LogP contribution in [0.3, 0.4) is 0 Å². The third-order valence-corrected chi connectivity index (χ3v) is 4.57. The molecule has 5 heteroatoms. The number of hydrogen-bond acceptors (Lipinski definition) is 3. The summed E-state index contributed by atoms with van der Waals surface area (Å²) in [5.41, 5.74) is 7.34. The molecule has 1 heterocycles. The Morgan fingerprint density at radius 2 is 2.05 bits per heavy atom. The Balaban J connectivity index is 1.89. The van der Waals surface area contributed by atoms with Gasteiger partial charge in [0.1, 0.15) is 6.54 Å². The molecule has 1 aliphatic carbocycles. The van der Waals surface area contributed by atoms with E-state index < -0.39 is 0 Å². The molecule has 2 unspecified atom stereocenters. The number of rotatable bonds is 2. The molecule has 1 aliphatic heterocycles. The van der Waals surface area contributed by atoms with Gasteiger partial charge in [-0.3, -0.25) is 9.59 Å². The topological polar surface area (TPSA) is 75.4 Å². The van der Waals surface area contributed by atoms with E-state index in [1.54, 1.807) is 4.90 Å². The average Bonchev–Trinajstić information content (AvgIpc) is 2.53. The van der Waals surface area contributed by atoms with Gasteiger partial charge in [0.2, 0.25) is 11.8 Å². The van der Waals surface area contributed by atoms with Crippen LogP contribution in [0.1, 0.15) is 25.7 Å². The Morgan fingerprint density at radius 3 is 2.86 bits per heavy atom. The number of anilines is 2. The van der Waals surface area contributed by atoms with Gasteiger partial charge in [0.25, 0.3) is 0 Å². The fourth-order valence-corrected chi connectivity index (χ4v) is 3.44. The predicted molar refractivity (Wildman–Crippen MR) is 81.9 cm³/mol. The Morgan fingerprint density at radius 1 is 1.29 bits per heavy atom. The minimum absolute atomic E-state index is 0.0486. The van der Waals surface area contributed by atoms with Crippen LogP contribution < -0.4 is 16.0 Å². The number of fused-ring (bicyclic) bond motifs is 1. The molecule has 2 amide bonds. The fourth-order valence-electron chi connectivity index (χ4n) is 3.44. The largest absolute Gasteiger partial charge is 0.330 e. The molecule has 0 spiro atoms. The van der Waals surface area contributed by atoms with E-state index in [-0.39, 0.29) is 30.2 Å². The van der Waals surface area contributed by atoms with Crippen LogP contribution >= 0.6 is 0 Å². The third kappa shape index (κ3) is 2.65. The van der Waals surface area contributed by atoms with Gasteiger partial charge in [0.15, 0.2) is 0 Å². The molecule has 0 radical (unpaired) electrons. The van der Waals surface area contributed by atoms with Crippen molar-refractivity contribution in [1.29, 1.82) is 0 Å². The second-order valence-corrected chi connectivity index (χ2v) is 5.88. The number of carbonyl (C=O) groups excluding carboxylic acids is 2. The van der Waals surface area contributed by atoms with Crippen molar-refractivity contribution in [2.45, 2.75) is 25.7 Å². The monoisotopic (exact) mass is 287 g/mol. The zero-order chi connectivity index (χ0) is 14.8. The first-order valence-corrected chi connectivity index (χ1v) is 7.61. The molecule has 1 aromatic rings. The molecule has 1 saturated carbocycles. The SMILES string of the molecule is NCC1CCCCC1C(=O)N1CC(=O)Nc2ccccc21. The van der Waals surface area contributed by atoms with Gasteiger partial charge in [-0.2, -0.15) is 0 Å². The molecule has 112 valence electrons. The summed E-state index contributed by atoms with van der Waals surface area (Å²) in [5, 5.41) is 2.82. The van der Waals surface area contributed by atoms with Crippen molar-refractivity contribution in [1.82, 2.24) is 0 Å². The molecule has 0 saturated heterocycles. The molecule has 3 N–H and O–H groups in total. The number of carbonyl (C=O) groups is 2. The Labute approximate surface area is 124 Å². The summed E-state index contributed by atoms with van der Waals surface area (Å²) >= 11 is 0. The van der Waals surface area contributed by atoms with E-state index in [0.717, 1.165) is 31.4 Å². The van der Waals surface area contributed by atoms with Crippen molar-refractivity contribution in [2.24, 2.45) is 17.6 Å². The van der Waals surface area contributed by atoms with Crippen molar-refractivity contribution in [3.8, 4) is 0 Å². The minimum atomic E-state index is -0.137. The zero-order valence-electron chi connectivity index (χ0n) is 12.0. The third-order valence-electron chi connectivity index (χ3n) is 4.57. The molecule has 2 aliphatic rings.